The van der Waals surface area contributed by atoms with Crippen LogP contribution < -0.4 is 5.32 Å². The molecule has 0 fully saturated rings. The number of nitrogens with one attached hydrogen (secondary N) is 1. The van der Waals surface area contributed by atoms with Gasteiger partial charge < -0.3 is 5.32 Å². The third-order valence-electron chi connectivity index (χ3n) is 2.67. The molecule has 100 valence electrons. The molecule has 0 saturated carbocycles. The van der Waals surface area contributed by atoms with Crippen molar-refractivity contribution in [1.29, 1.82) is 0 Å². The van der Waals surface area contributed by atoms with Crippen molar-refractivity contribution in [2.75, 3.05) is 11.9 Å². The number of hydrogen-bond donors (Lipinski definition) is 1. The Bertz CT molecular complexity index is 435. The predicted octanol–water partition coefficient (Wildman–Crippen LogP) is 4.64. The van der Waals surface area contributed by atoms with Gasteiger partial charge in [0.05, 0.1) is 5.56 Å². The van der Waals surface area contributed by atoms with Crippen LogP contribution in [0.15, 0.2) is 22.7 Å². The van der Waals surface area contributed by atoms with E-state index in [0.717, 1.165) is 16.2 Å². The maximum atomic E-state index is 12.1. The van der Waals surface area contributed by atoms with Gasteiger partial charge in [-0.15, -0.1) is 0 Å². The van der Waals surface area contributed by atoms with Crippen LogP contribution in [0.5, 0.6) is 0 Å². The molecule has 0 radical (unpaired) electrons. The van der Waals surface area contributed by atoms with Crippen molar-refractivity contribution < 1.29 is 4.79 Å². The van der Waals surface area contributed by atoms with Gasteiger partial charge in [0.2, 0.25) is 0 Å². The summed E-state index contributed by atoms with van der Waals surface area (Å²) in [7, 11) is 0. The second-order valence-electron chi connectivity index (χ2n) is 4.91. The Kier molecular flexibility index (Phi) is 6.15. The Morgan fingerprint density at radius 2 is 2.11 bits per heavy atom. The molecule has 1 rings (SSSR count). The van der Waals surface area contributed by atoms with Crippen LogP contribution in [0, 0.1) is 5.41 Å². The fourth-order valence-electron chi connectivity index (χ4n) is 1.43. The number of rotatable bonds is 5. The molecule has 0 atom stereocenters. The van der Waals surface area contributed by atoms with Gasteiger partial charge in [0, 0.05) is 21.4 Å². The Labute approximate surface area is 130 Å². The highest BCUT2D eigenvalue weighted by molar-refractivity contribution is 9.10. The van der Waals surface area contributed by atoms with Crippen molar-refractivity contribution >= 4 is 49.4 Å². The molecule has 0 aliphatic heterocycles. The van der Waals surface area contributed by atoms with Crippen LogP contribution in [0.3, 0.4) is 0 Å². The topological polar surface area (TPSA) is 29.1 Å². The number of alkyl halides is 1. The van der Waals surface area contributed by atoms with E-state index >= 15 is 0 Å². The molecule has 2 nitrogen and oxygen atoms in total. The average molecular weight is 398 g/mol. The van der Waals surface area contributed by atoms with Crippen molar-refractivity contribution in [3.8, 4) is 0 Å². The second kappa shape index (κ2) is 6.92. The van der Waals surface area contributed by atoms with E-state index in [0.29, 0.717) is 17.1 Å². The number of benzene rings is 1. The minimum atomic E-state index is -0.105. The van der Waals surface area contributed by atoms with Crippen molar-refractivity contribution in [1.82, 2.24) is 5.32 Å². The fourth-order valence-corrected chi connectivity index (χ4v) is 3.10. The van der Waals surface area contributed by atoms with Crippen LogP contribution >= 0.6 is 43.5 Å². The quantitative estimate of drug-likeness (QED) is 0.721. The van der Waals surface area contributed by atoms with E-state index in [2.05, 4.69) is 51.0 Å². The molecule has 0 aliphatic rings. The first kappa shape index (κ1) is 16.0. The lowest BCUT2D eigenvalue weighted by molar-refractivity contribution is 0.0935. The third-order valence-corrected chi connectivity index (χ3v) is 3.99. The normalized spacial score (nSPS) is 11.4. The molecule has 1 amide bonds. The summed E-state index contributed by atoms with van der Waals surface area (Å²) in [5.41, 5.74) is 0.640. The number of carbonyl (C=O) groups excluding carboxylic acids is 1. The fraction of sp³-hybridized carbons (Fsp3) is 0.462. The van der Waals surface area contributed by atoms with Crippen molar-refractivity contribution in [2.24, 2.45) is 5.41 Å². The van der Waals surface area contributed by atoms with Crippen LogP contribution in [-0.2, 0) is 0 Å². The summed E-state index contributed by atoms with van der Waals surface area (Å²) in [6, 6.07) is 5.19. The zero-order chi connectivity index (χ0) is 13.8. The van der Waals surface area contributed by atoms with Gasteiger partial charge in [-0.3, -0.25) is 4.79 Å². The number of hydrogen-bond acceptors (Lipinski definition) is 1. The van der Waals surface area contributed by atoms with E-state index in [1.54, 1.807) is 18.2 Å². The highest BCUT2D eigenvalue weighted by atomic mass is 79.9. The van der Waals surface area contributed by atoms with E-state index in [4.69, 9.17) is 11.6 Å². The summed E-state index contributed by atoms with van der Waals surface area (Å²) in [5.74, 6) is -0.105. The Morgan fingerprint density at radius 1 is 1.44 bits per heavy atom. The lowest BCUT2D eigenvalue weighted by atomic mass is 9.90. The van der Waals surface area contributed by atoms with E-state index < -0.39 is 0 Å². The van der Waals surface area contributed by atoms with Crippen LogP contribution in [0.1, 0.15) is 30.6 Å². The largest absolute Gasteiger partial charge is 0.351 e. The van der Waals surface area contributed by atoms with Crippen LogP contribution in [0.4, 0.5) is 0 Å². The third kappa shape index (κ3) is 4.90. The number of halogens is 3. The number of amides is 1. The first-order valence-electron chi connectivity index (χ1n) is 5.65. The van der Waals surface area contributed by atoms with Crippen LogP contribution in [0.25, 0.3) is 0 Å². The maximum Gasteiger partial charge on any atom is 0.252 e. The molecular weight excluding hydrogens is 381 g/mol. The zero-order valence-electron chi connectivity index (χ0n) is 10.4. The van der Waals surface area contributed by atoms with Gasteiger partial charge in [0.15, 0.2) is 0 Å². The summed E-state index contributed by atoms with van der Waals surface area (Å²) in [6.07, 6.45) is 1.00. The lowest BCUT2D eigenvalue weighted by Gasteiger charge is -2.24. The SMILES string of the molecule is CC(C)(CCBr)CNC(=O)c1cc(Cl)ccc1Br. The molecule has 1 N–H and O–H groups in total. The molecular formula is C13H16Br2ClNO. The molecule has 0 spiro atoms. The highest BCUT2D eigenvalue weighted by Crippen LogP contribution is 2.23. The van der Waals surface area contributed by atoms with Crippen molar-refractivity contribution in [3.05, 3.63) is 33.3 Å². The van der Waals surface area contributed by atoms with Gasteiger partial charge in [-0.05, 0) is 46.0 Å². The molecule has 0 bridgehead atoms. The smallest absolute Gasteiger partial charge is 0.252 e. The predicted molar refractivity (Wildman–Crippen MR) is 83.7 cm³/mol. The maximum absolute atomic E-state index is 12.1. The highest BCUT2D eigenvalue weighted by Gasteiger charge is 2.19. The van der Waals surface area contributed by atoms with Crippen LogP contribution in [-0.4, -0.2) is 17.8 Å². The molecule has 0 aromatic heterocycles. The molecule has 0 aliphatic carbocycles. The first-order valence-corrected chi connectivity index (χ1v) is 7.94. The summed E-state index contributed by atoms with van der Waals surface area (Å²) >= 11 is 12.7. The molecule has 0 heterocycles. The van der Waals surface area contributed by atoms with Crippen molar-refractivity contribution in [2.45, 2.75) is 20.3 Å². The summed E-state index contributed by atoms with van der Waals surface area (Å²) in [5, 5.41) is 4.43. The second-order valence-corrected chi connectivity index (χ2v) is 6.99. The standard InChI is InChI=1S/C13H16Br2ClNO/c1-13(2,5-6-14)8-17-12(18)10-7-9(16)3-4-11(10)15/h3-4,7H,5-6,8H2,1-2H3,(H,17,18). The summed E-state index contributed by atoms with van der Waals surface area (Å²) in [6.45, 7) is 4.89. The van der Waals surface area contributed by atoms with Gasteiger partial charge in [0.25, 0.3) is 5.91 Å². The Morgan fingerprint density at radius 3 is 2.72 bits per heavy atom. The van der Waals surface area contributed by atoms with E-state index in [1.165, 1.54) is 0 Å². The average Bonchev–Trinajstić information content (AvgIpc) is 2.29. The molecule has 0 saturated heterocycles. The molecule has 1 aromatic carbocycles. The summed E-state index contributed by atoms with van der Waals surface area (Å²) in [4.78, 5) is 12.1. The molecule has 1 aromatic rings. The lowest BCUT2D eigenvalue weighted by Crippen LogP contribution is -2.34. The van der Waals surface area contributed by atoms with Crippen molar-refractivity contribution in [3.63, 3.8) is 0 Å². The van der Waals surface area contributed by atoms with Gasteiger partial charge in [0.1, 0.15) is 0 Å². The minimum absolute atomic E-state index is 0.0736. The molecule has 0 unspecified atom stereocenters. The summed E-state index contributed by atoms with van der Waals surface area (Å²) < 4.78 is 0.752. The van der Waals surface area contributed by atoms with Gasteiger partial charge in [-0.1, -0.05) is 41.4 Å². The first-order chi connectivity index (χ1) is 8.35. The Hall–Kier alpha value is -0.0600. The van der Waals surface area contributed by atoms with E-state index in [1.807, 2.05) is 0 Å². The van der Waals surface area contributed by atoms with E-state index in [-0.39, 0.29) is 11.3 Å². The monoisotopic (exact) mass is 395 g/mol. The number of carbonyl (C=O) groups is 1. The zero-order valence-corrected chi connectivity index (χ0v) is 14.3. The van der Waals surface area contributed by atoms with Crippen LogP contribution in [0.2, 0.25) is 5.02 Å². The molecule has 18 heavy (non-hydrogen) atoms. The van der Waals surface area contributed by atoms with Gasteiger partial charge in [-0.25, -0.2) is 0 Å². The van der Waals surface area contributed by atoms with Gasteiger partial charge >= 0.3 is 0 Å². The van der Waals surface area contributed by atoms with E-state index in [9.17, 15) is 4.79 Å². The Balaban J connectivity index is 2.69. The van der Waals surface area contributed by atoms with Gasteiger partial charge in [-0.2, -0.15) is 0 Å². The minimum Gasteiger partial charge on any atom is -0.351 e. The molecule has 5 heteroatoms.